The highest BCUT2D eigenvalue weighted by Crippen LogP contribution is 2.45. The van der Waals surface area contributed by atoms with Crippen LogP contribution >= 0.6 is 11.8 Å². The normalized spacial score (nSPS) is 25.0. The highest BCUT2D eigenvalue weighted by molar-refractivity contribution is 8.03. The van der Waals surface area contributed by atoms with Gasteiger partial charge in [-0.15, -0.1) is 0 Å². The number of alkyl halides is 3. The number of aliphatic imine (C=N–C) groups is 2. The number of aliphatic hydroxyl groups is 1. The number of nitrogens with two attached hydrogens (primary N) is 2. The molecule has 1 saturated heterocycles. The predicted octanol–water partition coefficient (Wildman–Crippen LogP) is 2.96. The molecule has 1 spiro atoms. The van der Waals surface area contributed by atoms with Gasteiger partial charge in [0.15, 0.2) is 11.5 Å². The third-order valence-corrected chi connectivity index (χ3v) is 7.14. The third-order valence-electron chi connectivity index (χ3n) is 6.06. The first kappa shape index (κ1) is 23.6. The zero-order chi connectivity index (χ0) is 22.8. The van der Waals surface area contributed by atoms with Gasteiger partial charge in [0.25, 0.3) is 0 Å². The topological polar surface area (TPSA) is 113 Å². The molecule has 2 fully saturated rings. The minimum atomic E-state index is -4.59. The molecular weight excluding hydrogens is 429 g/mol. The van der Waals surface area contributed by atoms with Gasteiger partial charge in [-0.25, -0.2) is 4.99 Å². The van der Waals surface area contributed by atoms with Crippen LogP contribution in [0, 0.1) is 5.41 Å². The zero-order valence-electron chi connectivity index (χ0n) is 17.3. The molecule has 31 heavy (non-hydrogen) atoms. The first-order valence-electron chi connectivity index (χ1n) is 9.96. The van der Waals surface area contributed by atoms with Gasteiger partial charge in [-0.1, -0.05) is 11.8 Å². The summed E-state index contributed by atoms with van der Waals surface area (Å²) in [5.41, 5.74) is 11.3. The fourth-order valence-corrected chi connectivity index (χ4v) is 5.18. The summed E-state index contributed by atoms with van der Waals surface area (Å²) in [4.78, 5) is 13.5. The minimum absolute atomic E-state index is 0.0113. The summed E-state index contributed by atoms with van der Waals surface area (Å²) in [6.45, 7) is 6.65. The highest BCUT2D eigenvalue weighted by atomic mass is 32.2. The molecule has 1 saturated carbocycles. The Morgan fingerprint density at radius 3 is 2.61 bits per heavy atom. The molecule has 11 heteroatoms. The number of likely N-dealkylation sites (tertiary alicyclic amines) is 1. The van der Waals surface area contributed by atoms with E-state index in [2.05, 4.69) is 26.6 Å². The van der Waals surface area contributed by atoms with E-state index in [1.807, 2.05) is 0 Å². The van der Waals surface area contributed by atoms with Gasteiger partial charge in [-0.05, 0) is 56.9 Å². The number of pyridine rings is 1. The van der Waals surface area contributed by atoms with Crippen molar-refractivity contribution in [2.45, 2.75) is 55.8 Å². The van der Waals surface area contributed by atoms with E-state index >= 15 is 0 Å². The van der Waals surface area contributed by atoms with E-state index < -0.39 is 11.9 Å². The van der Waals surface area contributed by atoms with Gasteiger partial charge in [0, 0.05) is 30.2 Å². The molecule has 1 aromatic rings. The summed E-state index contributed by atoms with van der Waals surface area (Å²) in [6.07, 6.45) is -0.829. The maximum atomic E-state index is 13.2. The molecular formula is C20H27F3N6OS. The molecule has 0 aromatic carbocycles. The molecule has 2 atom stereocenters. The molecule has 3 rings (SSSR count). The molecule has 0 bridgehead atoms. The number of amidine groups is 1. The average Bonchev–Trinajstić information content (AvgIpc) is 2.98. The molecule has 0 amide bonds. The highest BCUT2D eigenvalue weighted by Gasteiger charge is 2.46. The number of hydrogen-bond donors (Lipinski definition) is 3. The SMILES string of the molecule is C=N/C(Sc1cccnc1C(F)(F)F)=C(N)\N=C(/C)N1CCC2(CC1)C[C@@H](O)C[C@@H]2N. The number of rotatable bonds is 4. The number of piperidine rings is 1. The quantitative estimate of drug-likeness (QED) is 0.365. The number of halogens is 3. The fourth-order valence-electron chi connectivity index (χ4n) is 4.35. The monoisotopic (exact) mass is 456 g/mol. The Balaban J connectivity index is 1.74. The second-order valence-electron chi connectivity index (χ2n) is 8.01. The number of hydrogen-bond acceptors (Lipinski definition) is 7. The Morgan fingerprint density at radius 2 is 2.06 bits per heavy atom. The van der Waals surface area contributed by atoms with E-state index in [1.165, 1.54) is 12.1 Å². The van der Waals surface area contributed by atoms with Crippen molar-refractivity contribution < 1.29 is 18.3 Å². The van der Waals surface area contributed by atoms with Crippen LogP contribution in [0.2, 0.25) is 0 Å². The van der Waals surface area contributed by atoms with Crippen LogP contribution in [0.3, 0.4) is 0 Å². The van der Waals surface area contributed by atoms with E-state index in [0.717, 1.165) is 30.8 Å². The first-order chi connectivity index (χ1) is 14.6. The van der Waals surface area contributed by atoms with Crippen LogP contribution in [0.5, 0.6) is 0 Å². The molecule has 2 heterocycles. The molecule has 0 unspecified atom stereocenters. The summed E-state index contributed by atoms with van der Waals surface area (Å²) in [7, 11) is 0. The van der Waals surface area contributed by atoms with Gasteiger partial charge in [0.2, 0.25) is 0 Å². The lowest BCUT2D eigenvalue weighted by Gasteiger charge is -2.42. The van der Waals surface area contributed by atoms with Crippen molar-refractivity contribution in [1.82, 2.24) is 9.88 Å². The molecule has 0 radical (unpaired) electrons. The minimum Gasteiger partial charge on any atom is -0.393 e. The summed E-state index contributed by atoms with van der Waals surface area (Å²) < 4.78 is 39.6. The van der Waals surface area contributed by atoms with Gasteiger partial charge < -0.3 is 21.5 Å². The Morgan fingerprint density at radius 1 is 1.39 bits per heavy atom. The molecule has 1 aliphatic carbocycles. The summed E-state index contributed by atoms with van der Waals surface area (Å²) in [5.74, 6) is 0.631. The molecule has 1 aliphatic heterocycles. The first-order valence-corrected chi connectivity index (χ1v) is 10.8. The van der Waals surface area contributed by atoms with Crippen molar-refractivity contribution in [3.8, 4) is 0 Å². The van der Waals surface area contributed by atoms with Crippen LogP contribution in [-0.4, -0.2) is 52.8 Å². The van der Waals surface area contributed by atoms with Crippen molar-refractivity contribution in [2.24, 2.45) is 26.9 Å². The largest absolute Gasteiger partial charge is 0.434 e. The Hall–Kier alpha value is -2.11. The van der Waals surface area contributed by atoms with Crippen molar-refractivity contribution in [3.63, 3.8) is 0 Å². The van der Waals surface area contributed by atoms with Crippen LogP contribution in [0.4, 0.5) is 13.2 Å². The Labute approximate surface area is 183 Å². The van der Waals surface area contributed by atoms with Crippen LogP contribution in [0.25, 0.3) is 0 Å². The summed E-state index contributed by atoms with van der Waals surface area (Å²) in [5, 5.41) is 10.0. The molecule has 5 N–H and O–H groups in total. The van der Waals surface area contributed by atoms with Gasteiger partial charge in [0.1, 0.15) is 10.9 Å². The lowest BCUT2D eigenvalue weighted by molar-refractivity contribution is -0.143. The number of aromatic nitrogens is 1. The van der Waals surface area contributed by atoms with E-state index in [0.29, 0.717) is 31.8 Å². The fraction of sp³-hybridized carbons (Fsp3) is 0.550. The van der Waals surface area contributed by atoms with Gasteiger partial charge >= 0.3 is 6.18 Å². The van der Waals surface area contributed by atoms with Crippen molar-refractivity contribution in [1.29, 1.82) is 0 Å². The van der Waals surface area contributed by atoms with Gasteiger partial charge in [0.05, 0.1) is 6.10 Å². The van der Waals surface area contributed by atoms with E-state index in [9.17, 15) is 18.3 Å². The van der Waals surface area contributed by atoms with Crippen LogP contribution < -0.4 is 11.5 Å². The van der Waals surface area contributed by atoms with Crippen molar-refractivity contribution in [3.05, 3.63) is 34.9 Å². The van der Waals surface area contributed by atoms with E-state index in [4.69, 9.17) is 11.5 Å². The summed E-state index contributed by atoms with van der Waals surface area (Å²) >= 11 is 0.728. The Kier molecular flexibility index (Phi) is 6.97. The number of aliphatic hydroxyl groups excluding tert-OH is 1. The molecule has 170 valence electrons. The van der Waals surface area contributed by atoms with Crippen molar-refractivity contribution in [2.75, 3.05) is 13.1 Å². The van der Waals surface area contributed by atoms with E-state index in [-0.39, 0.29) is 33.3 Å². The number of nitrogens with zero attached hydrogens (tertiary/aromatic N) is 4. The lowest BCUT2D eigenvalue weighted by Crippen LogP contribution is -2.48. The standard InChI is InChI=1S/C20H27F3N6OS/c1-12(29-8-5-19(6-9-29)11-13(30)10-15(19)24)28-17(25)18(26-2)31-14-4-3-7-27-16(14)20(21,22)23/h3-4,7,13,15,30H,2,5-6,8-11,24-25H2,1H3/b18-17+,28-12+/t13-,15-/m0/s1. The third kappa shape index (κ3) is 5.21. The second-order valence-corrected chi connectivity index (χ2v) is 9.04. The van der Waals surface area contributed by atoms with E-state index in [1.54, 1.807) is 6.92 Å². The summed E-state index contributed by atoms with van der Waals surface area (Å²) in [6, 6.07) is 2.71. The number of thioether (sulfide) groups is 1. The van der Waals surface area contributed by atoms with Crippen molar-refractivity contribution >= 4 is 24.3 Å². The Bertz CT molecular complexity index is 880. The van der Waals surface area contributed by atoms with Gasteiger partial charge in [-0.2, -0.15) is 13.2 Å². The lowest BCUT2D eigenvalue weighted by atomic mass is 9.74. The average molecular weight is 457 g/mol. The maximum absolute atomic E-state index is 13.2. The smallest absolute Gasteiger partial charge is 0.393 e. The zero-order valence-corrected chi connectivity index (χ0v) is 18.1. The molecule has 7 nitrogen and oxygen atoms in total. The van der Waals surface area contributed by atoms with Crippen LogP contribution in [0.1, 0.15) is 38.3 Å². The second kappa shape index (κ2) is 9.17. The predicted molar refractivity (Wildman–Crippen MR) is 115 cm³/mol. The van der Waals surface area contributed by atoms with Crippen LogP contribution in [0.15, 0.2) is 44.1 Å². The molecule has 1 aromatic heterocycles. The molecule has 2 aliphatic rings. The maximum Gasteiger partial charge on any atom is 0.434 e. The van der Waals surface area contributed by atoms with Gasteiger partial charge in [-0.3, -0.25) is 9.98 Å². The van der Waals surface area contributed by atoms with Crippen LogP contribution in [-0.2, 0) is 6.18 Å².